The lowest BCUT2D eigenvalue weighted by molar-refractivity contribution is 0.507. The minimum Gasteiger partial charge on any atom is -0.399 e. The summed E-state index contributed by atoms with van der Waals surface area (Å²) in [6.07, 6.45) is 3.23. The number of nitrogens with two attached hydrogens (primary N) is 1. The van der Waals surface area contributed by atoms with E-state index in [4.69, 9.17) is 5.73 Å². The van der Waals surface area contributed by atoms with Crippen molar-refractivity contribution >= 4 is 11.8 Å². The zero-order chi connectivity index (χ0) is 9.42. The molecule has 68 valence electrons. The second-order valence-electron chi connectivity index (χ2n) is 3.67. The molecule has 0 fully saturated rings. The van der Waals surface area contributed by atoms with E-state index in [0.717, 1.165) is 12.1 Å². The fraction of sp³-hybridized carbons (Fsp3) is 0.273. The summed E-state index contributed by atoms with van der Waals surface area (Å²) < 4.78 is 0. The van der Waals surface area contributed by atoms with E-state index in [1.807, 2.05) is 12.1 Å². The lowest BCUT2D eigenvalue weighted by Gasteiger charge is -2.12. The molecule has 0 bridgehead atoms. The Kier molecular flexibility index (Phi) is 1.76. The van der Waals surface area contributed by atoms with Gasteiger partial charge in [-0.25, -0.2) is 0 Å². The predicted octanol–water partition coefficient (Wildman–Crippen LogP) is 1.73. The van der Waals surface area contributed by atoms with Crippen molar-refractivity contribution in [1.29, 1.82) is 0 Å². The second-order valence-corrected chi connectivity index (χ2v) is 3.67. The van der Waals surface area contributed by atoms with Gasteiger partial charge in [-0.3, -0.25) is 0 Å². The first-order valence-corrected chi connectivity index (χ1v) is 4.43. The molecule has 0 radical (unpaired) electrons. The molecule has 0 heterocycles. The smallest absolute Gasteiger partial charge is 0.0320 e. The number of nitrogen functional groups attached to an aromatic ring is 1. The Morgan fingerprint density at radius 1 is 1.31 bits per heavy atom. The maximum atomic E-state index is 5.71. The molecule has 0 saturated heterocycles. The Morgan fingerprint density at radius 3 is 2.77 bits per heavy atom. The van der Waals surface area contributed by atoms with Crippen molar-refractivity contribution < 1.29 is 0 Å². The minimum absolute atomic E-state index is 0.843. The first kappa shape index (κ1) is 8.17. The monoisotopic (exact) mass is 174 g/mol. The lowest BCUT2D eigenvalue weighted by Crippen LogP contribution is -2.10. The molecule has 0 aromatic heterocycles. The van der Waals surface area contributed by atoms with Gasteiger partial charge in [-0.2, -0.15) is 0 Å². The van der Waals surface area contributed by atoms with E-state index in [2.05, 4.69) is 31.1 Å². The quantitative estimate of drug-likeness (QED) is 0.657. The van der Waals surface area contributed by atoms with E-state index in [-0.39, 0.29) is 0 Å². The first-order chi connectivity index (χ1) is 6.16. The zero-order valence-electron chi connectivity index (χ0n) is 8.04. The minimum atomic E-state index is 0.843. The molecule has 2 heteroatoms. The summed E-state index contributed by atoms with van der Waals surface area (Å²) >= 11 is 0. The molecular formula is C11H14N2. The second kappa shape index (κ2) is 2.80. The summed E-state index contributed by atoms with van der Waals surface area (Å²) in [6.45, 7) is 0. The van der Waals surface area contributed by atoms with Gasteiger partial charge in [-0.05, 0) is 29.3 Å². The van der Waals surface area contributed by atoms with E-state index in [1.165, 1.54) is 16.8 Å². The summed E-state index contributed by atoms with van der Waals surface area (Å²) in [5.41, 5.74) is 10.5. The maximum absolute atomic E-state index is 5.71. The van der Waals surface area contributed by atoms with Gasteiger partial charge in [0.1, 0.15) is 0 Å². The number of allylic oxidation sites excluding steroid dienone is 1. The van der Waals surface area contributed by atoms with Gasteiger partial charge in [0.25, 0.3) is 0 Å². The summed E-state index contributed by atoms with van der Waals surface area (Å²) in [5, 5.41) is 0. The van der Waals surface area contributed by atoms with Gasteiger partial charge in [0, 0.05) is 31.9 Å². The number of anilines is 1. The third kappa shape index (κ3) is 1.39. The van der Waals surface area contributed by atoms with Crippen molar-refractivity contribution in [2.45, 2.75) is 6.42 Å². The van der Waals surface area contributed by atoms with Gasteiger partial charge in [0.15, 0.2) is 0 Å². The van der Waals surface area contributed by atoms with Crippen molar-refractivity contribution in [3.05, 3.63) is 35.0 Å². The largest absolute Gasteiger partial charge is 0.399 e. The van der Waals surface area contributed by atoms with E-state index in [0.29, 0.717) is 0 Å². The summed E-state index contributed by atoms with van der Waals surface area (Å²) in [7, 11) is 4.14. The average Bonchev–Trinajstić information content (AvgIpc) is 2.46. The fourth-order valence-corrected chi connectivity index (χ4v) is 1.62. The molecule has 1 aromatic rings. The van der Waals surface area contributed by atoms with Crippen LogP contribution in [0.15, 0.2) is 23.9 Å². The molecule has 2 rings (SSSR count). The van der Waals surface area contributed by atoms with Crippen molar-refractivity contribution in [1.82, 2.24) is 4.90 Å². The van der Waals surface area contributed by atoms with Gasteiger partial charge >= 0.3 is 0 Å². The summed E-state index contributed by atoms with van der Waals surface area (Å²) in [4.78, 5) is 2.15. The predicted molar refractivity (Wildman–Crippen MR) is 56.2 cm³/mol. The van der Waals surface area contributed by atoms with Crippen LogP contribution in [0, 0.1) is 0 Å². The van der Waals surface area contributed by atoms with Crippen LogP contribution in [-0.4, -0.2) is 19.0 Å². The van der Waals surface area contributed by atoms with Crippen molar-refractivity contribution in [3.63, 3.8) is 0 Å². The van der Waals surface area contributed by atoms with Crippen molar-refractivity contribution in [3.8, 4) is 0 Å². The fourth-order valence-electron chi connectivity index (χ4n) is 1.62. The van der Waals surface area contributed by atoms with Crippen LogP contribution in [0.5, 0.6) is 0 Å². The number of likely N-dealkylation sites (N-methyl/N-ethyl adjacent to an activating group) is 1. The first-order valence-electron chi connectivity index (χ1n) is 4.43. The van der Waals surface area contributed by atoms with Crippen LogP contribution < -0.4 is 5.73 Å². The molecule has 0 spiro atoms. The summed E-state index contributed by atoms with van der Waals surface area (Å²) in [5.74, 6) is 0. The Hall–Kier alpha value is -1.44. The van der Waals surface area contributed by atoms with Crippen LogP contribution in [0.3, 0.4) is 0 Å². The number of benzene rings is 1. The highest BCUT2D eigenvalue weighted by molar-refractivity contribution is 5.66. The Labute approximate surface area is 78.7 Å². The number of hydrogen-bond acceptors (Lipinski definition) is 2. The third-order valence-corrected chi connectivity index (χ3v) is 2.44. The van der Waals surface area contributed by atoms with E-state index < -0.39 is 0 Å². The number of nitrogens with zero attached hydrogens (tertiary/aromatic N) is 1. The molecule has 1 aromatic carbocycles. The van der Waals surface area contributed by atoms with Crippen molar-refractivity contribution in [2.75, 3.05) is 19.8 Å². The molecule has 0 unspecified atom stereocenters. The highest BCUT2D eigenvalue weighted by Crippen LogP contribution is 2.27. The molecule has 0 atom stereocenters. The standard InChI is InChI=1S/C11H14N2/c1-13(2)11-6-8-3-4-10(12)5-9(8)7-11/h3-5,7H,6,12H2,1-2H3. The Balaban J connectivity index is 2.38. The van der Waals surface area contributed by atoms with Crippen LogP contribution in [0.25, 0.3) is 6.08 Å². The number of hydrogen-bond donors (Lipinski definition) is 1. The molecule has 0 amide bonds. The van der Waals surface area contributed by atoms with Gasteiger partial charge in [0.05, 0.1) is 0 Å². The molecule has 1 aliphatic carbocycles. The van der Waals surface area contributed by atoms with E-state index in [1.54, 1.807) is 0 Å². The van der Waals surface area contributed by atoms with Gasteiger partial charge in [0.2, 0.25) is 0 Å². The molecule has 0 aliphatic heterocycles. The highest BCUT2D eigenvalue weighted by Gasteiger charge is 2.13. The lowest BCUT2D eigenvalue weighted by atomic mass is 10.1. The highest BCUT2D eigenvalue weighted by atomic mass is 15.1. The van der Waals surface area contributed by atoms with Crippen molar-refractivity contribution in [2.24, 2.45) is 0 Å². The Bertz CT molecular complexity index is 364. The molecule has 0 saturated carbocycles. The van der Waals surface area contributed by atoms with E-state index >= 15 is 0 Å². The normalized spacial score (nSPS) is 13.8. The topological polar surface area (TPSA) is 29.3 Å². The van der Waals surface area contributed by atoms with Crippen LogP contribution in [0.2, 0.25) is 0 Å². The average molecular weight is 174 g/mol. The Morgan fingerprint density at radius 2 is 2.08 bits per heavy atom. The molecule has 13 heavy (non-hydrogen) atoms. The SMILES string of the molecule is CN(C)C1=Cc2cc(N)ccc2C1. The summed E-state index contributed by atoms with van der Waals surface area (Å²) in [6, 6.07) is 6.11. The van der Waals surface area contributed by atoms with Gasteiger partial charge in [-0.15, -0.1) is 0 Å². The third-order valence-electron chi connectivity index (χ3n) is 2.44. The molecule has 1 aliphatic rings. The molecule has 2 N–H and O–H groups in total. The molecule has 2 nitrogen and oxygen atoms in total. The van der Waals surface area contributed by atoms with Crippen LogP contribution in [-0.2, 0) is 6.42 Å². The van der Waals surface area contributed by atoms with Crippen LogP contribution in [0.1, 0.15) is 11.1 Å². The zero-order valence-corrected chi connectivity index (χ0v) is 8.04. The van der Waals surface area contributed by atoms with E-state index in [9.17, 15) is 0 Å². The number of rotatable bonds is 1. The van der Waals surface area contributed by atoms with Crippen LogP contribution in [0.4, 0.5) is 5.69 Å². The van der Waals surface area contributed by atoms with Gasteiger partial charge < -0.3 is 10.6 Å². The number of fused-ring (bicyclic) bond motifs is 1. The van der Waals surface area contributed by atoms with Gasteiger partial charge in [-0.1, -0.05) is 6.07 Å². The maximum Gasteiger partial charge on any atom is 0.0320 e. The van der Waals surface area contributed by atoms with Crippen LogP contribution >= 0.6 is 0 Å². The molecular weight excluding hydrogens is 160 g/mol.